The fourth-order valence-electron chi connectivity index (χ4n) is 7.80. The van der Waals surface area contributed by atoms with Crippen LogP contribution in [0.5, 0.6) is 11.9 Å². The van der Waals surface area contributed by atoms with Gasteiger partial charge >= 0.3 is 6.01 Å². The van der Waals surface area contributed by atoms with Gasteiger partial charge in [0.25, 0.3) is 0 Å². The molecule has 0 amide bonds. The molecule has 13 heteroatoms. The normalized spacial score (nSPS) is 26.6. The van der Waals surface area contributed by atoms with E-state index in [1.165, 1.54) is 0 Å². The SMILES string of the molecule is C=C1CN2CC[C@@H](O)[C@@]2(COc2nc3c4c(nc(-c5c(C6CC6)c(Cl)cc6[nH]ncc56)c(F)c4n2)OC[C@@H]2COCCCN32)C1. The topological polar surface area (TPSA) is 122 Å². The largest absolute Gasteiger partial charge is 0.475 e. The molecule has 9 rings (SSSR count). The first-order chi connectivity index (χ1) is 21.9. The molecule has 11 nitrogen and oxygen atoms in total. The Morgan fingerprint density at radius 3 is 2.96 bits per heavy atom. The molecule has 7 heterocycles. The van der Waals surface area contributed by atoms with E-state index in [2.05, 4.69) is 26.6 Å². The summed E-state index contributed by atoms with van der Waals surface area (Å²) in [5, 5.41) is 19.9. The van der Waals surface area contributed by atoms with Gasteiger partial charge in [0.2, 0.25) is 5.88 Å². The highest BCUT2D eigenvalue weighted by molar-refractivity contribution is 6.33. The number of hydrogen-bond acceptors (Lipinski definition) is 10. The average molecular weight is 634 g/mol. The molecular weight excluding hydrogens is 601 g/mol. The number of H-pyrrole nitrogens is 1. The molecule has 0 spiro atoms. The Morgan fingerprint density at radius 2 is 2.09 bits per heavy atom. The van der Waals surface area contributed by atoms with Crippen LogP contribution < -0.4 is 14.4 Å². The number of aliphatic hydroxyl groups excluding tert-OH is 1. The van der Waals surface area contributed by atoms with Gasteiger partial charge in [-0.05, 0) is 49.7 Å². The van der Waals surface area contributed by atoms with E-state index in [4.69, 9.17) is 40.8 Å². The van der Waals surface area contributed by atoms with Gasteiger partial charge in [0.1, 0.15) is 35.6 Å². The molecule has 0 radical (unpaired) electrons. The van der Waals surface area contributed by atoms with Gasteiger partial charge in [-0.25, -0.2) is 9.37 Å². The van der Waals surface area contributed by atoms with Crippen LogP contribution in [0, 0.1) is 5.82 Å². The van der Waals surface area contributed by atoms with E-state index < -0.39 is 17.5 Å². The van der Waals surface area contributed by atoms with E-state index in [0.717, 1.165) is 48.9 Å². The smallest absolute Gasteiger partial charge is 0.319 e. The highest BCUT2D eigenvalue weighted by Gasteiger charge is 2.53. The van der Waals surface area contributed by atoms with Gasteiger partial charge in [-0.3, -0.25) is 10.00 Å². The van der Waals surface area contributed by atoms with Gasteiger partial charge in [0.05, 0.1) is 36.0 Å². The van der Waals surface area contributed by atoms with Crippen molar-refractivity contribution in [3.8, 4) is 23.1 Å². The second-order valence-corrected chi connectivity index (χ2v) is 13.4. The monoisotopic (exact) mass is 633 g/mol. The minimum Gasteiger partial charge on any atom is -0.475 e. The van der Waals surface area contributed by atoms with Crippen molar-refractivity contribution in [2.75, 3.05) is 51.0 Å². The molecule has 4 fully saturated rings. The highest BCUT2D eigenvalue weighted by atomic mass is 35.5. The van der Waals surface area contributed by atoms with Crippen LogP contribution in [0.3, 0.4) is 0 Å². The lowest BCUT2D eigenvalue weighted by Gasteiger charge is -2.34. The van der Waals surface area contributed by atoms with Crippen molar-refractivity contribution >= 4 is 39.2 Å². The van der Waals surface area contributed by atoms with Gasteiger partial charge in [-0.2, -0.15) is 15.1 Å². The van der Waals surface area contributed by atoms with Crippen molar-refractivity contribution in [1.82, 2.24) is 30.0 Å². The number of rotatable bonds is 5. The first-order valence-corrected chi connectivity index (χ1v) is 16.1. The van der Waals surface area contributed by atoms with Crippen LogP contribution in [0.4, 0.5) is 10.2 Å². The number of halogens is 2. The fourth-order valence-corrected chi connectivity index (χ4v) is 8.16. The van der Waals surface area contributed by atoms with Gasteiger partial charge in [-0.15, -0.1) is 0 Å². The van der Waals surface area contributed by atoms with Gasteiger partial charge in [0.15, 0.2) is 5.82 Å². The van der Waals surface area contributed by atoms with Crippen LogP contribution in [-0.4, -0.2) is 98.9 Å². The molecule has 3 aromatic heterocycles. The Bertz CT molecular complexity index is 1880. The van der Waals surface area contributed by atoms with E-state index in [9.17, 15) is 5.11 Å². The van der Waals surface area contributed by atoms with Crippen molar-refractivity contribution in [3.63, 3.8) is 0 Å². The maximum atomic E-state index is 17.1. The minimum absolute atomic E-state index is 0.0400. The molecule has 0 bridgehead atoms. The third-order valence-electron chi connectivity index (χ3n) is 10.1. The van der Waals surface area contributed by atoms with E-state index in [-0.39, 0.29) is 48.3 Å². The molecule has 1 aliphatic carbocycles. The fraction of sp³-hybridized carbons (Fsp3) is 0.500. The number of aromatic nitrogens is 5. The predicted molar refractivity (Wildman–Crippen MR) is 166 cm³/mol. The zero-order valence-corrected chi connectivity index (χ0v) is 25.4. The number of benzene rings is 1. The molecule has 3 saturated heterocycles. The molecule has 45 heavy (non-hydrogen) atoms. The zero-order valence-electron chi connectivity index (χ0n) is 24.7. The molecule has 1 aromatic carbocycles. The molecule has 234 valence electrons. The molecule has 3 atom stereocenters. The van der Waals surface area contributed by atoms with E-state index in [0.29, 0.717) is 59.9 Å². The highest BCUT2D eigenvalue weighted by Crippen LogP contribution is 2.51. The van der Waals surface area contributed by atoms with Crippen molar-refractivity contribution in [2.45, 2.75) is 55.7 Å². The molecule has 2 N–H and O–H groups in total. The van der Waals surface area contributed by atoms with Gasteiger partial charge in [0, 0.05) is 42.2 Å². The lowest BCUT2D eigenvalue weighted by Crippen LogP contribution is -2.50. The Morgan fingerprint density at radius 1 is 1.20 bits per heavy atom. The summed E-state index contributed by atoms with van der Waals surface area (Å²) in [5.74, 6) is 0.379. The second-order valence-electron chi connectivity index (χ2n) is 13.0. The molecule has 1 saturated carbocycles. The molecule has 4 aliphatic heterocycles. The van der Waals surface area contributed by atoms with Crippen LogP contribution in [0.25, 0.3) is 33.1 Å². The predicted octanol–water partition coefficient (Wildman–Crippen LogP) is 4.37. The lowest BCUT2D eigenvalue weighted by molar-refractivity contribution is 0.0145. The number of fused-ring (bicyclic) bond motifs is 4. The summed E-state index contributed by atoms with van der Waals surface area (Å²) in [5.41, 5.74) is 2.79. The van der Waals surface area contributed by atoms with Gasteiger partial charge in [-0.1, -0.05) is 23.8 Å². The molecule has 4 aromatic rings. The maximum Gasteiger partial charge on any atom is 0.319 e. The quantitative estimate of drug-likeness (QED) is 0.307. The molecule has 0 unspecified atom stereocenters. The number of anilines is 1. The summed E-state index contributed by atoms with van der Waals surface area (Å²) < 4.78 is 35.7. The first kappa shape index (κ1) is 27.7. The Kier molecular flexibility index (Phi) is 6.29. The number of hydrogen-bond donors (Lipinski definition) is 2. The van der Waals surface area contributed by atoms with Crippen LogP contribution in [0.2, 0.25) is 5.02 Å². The second kappa shape index (κ2) is 10.2. The number of ether oxygens (including phenoxy) is 3. The Labute approximate surface area is 263 Å². The summed E-state index contributed by atoms with van der Waals surface area (Å²) in [6.45, 7) is 7.80. The van der Waals surface area contributed by atoms with Crippen molar-refractivity contribution < 1.29 is 23.7 Å². The van der Waals surface area contributed by atoms with E-state index in [1.54, 1.807) is 6.20 Å². The van der Waals surface area contributed by atoms with Crippen molar-refractivity contribution in [1.29, 1.82) is 0 Å². The van der Waals surface area contributed by atoms with Gasteiger partial charge < -0.3 is 24.2 Å². The standard InChI is InChI=1S/C32H33ClFN7O4/c1-16-10-32(22(42)5-7-40(32)12-16)15-45-31-37-28-25-29(38-31)41-6-2-8-43-13-18(41)14-44-30(25)36-27(26(28)34)24-19-11-35-39-21(19)9-20(33)23(24)17-3-4-17/h9,11,17-18,22,42H,1-8,10,12-15H2,(H,35,39)/t18-,22+,32-/m0/s1. The average Bonchev–Trinajstić information content (AvgIpc) is 3.67. The van der Waals surface area contributed by atoms with Crippen molar-refractivity contribution in [3.05, 3.63) is 40.8 Å². The summed E-state index contributed by atoms with van der Waals surface area (Å²) in [6, 6.07) is 1.73. The summed E-state index contributed by atoms with van der Waals surface area (Å²) in [4.78, 5) is 18.8. The van der Waals surface area contributed by atoms with Crippen LogP contribution in [0.1, 0.15) is 43.6 Å². The number of pyridine rings is 1. The Balaban J connectivity index is 1.24. The lowest BCUT2D eigenvalue weighted by atomic mass is 9.91. The first-order valence-electron chi connectivity index (χ1n) is 15.7. The number of nitrogens with one attached hydrogen (secondary N) is 1. The number of aromatic amines is 1. The zero-order chi connectivity index (χ0) is 30.4. The molecular formula is C32H33ClFN7O4. The van der Waals surface area contributed by atoms with Crippen molar-refractivity contribution in [2.24, 2.45) is 0 Å². The van der Waals surface area contributed by atoms with E-state index >= 15 is 4.39 Å². The maximum absolute atomic E-state index is 17.1. The third-order valence-corrected chi connectivity index (χ3v) is 10.5. The number of nitrogens with zero attached hydrogens (tertiary/aromatic N) is 6. The molecule has 5 aliphatic rings. The van der Waals surface area contributed by atoms with Crippen LogP contribution in [0.15, 0.2) is 24.4 Å². The van der Waals surface area contributed by atoms with E-state index in [1.807, 2.05) is 6.07 Å². The van der Waals surface area contributed by atoms with Crippen LogP contribution in [-0.2, 0) is 4.74 Å². The summed E-state index contributed by atoms with van der Waals surface area (Å²) in [7, 11) is 0. The third kappa shape index (κ3) is 4.25. The number of aliphatic hydroxyl groups is 1. The summed E-state index contributed by atoms with van der Waals surface area (Å²) in [6.07, 6.45) is 5.11. The Hall–Kier alpha value is -3.58. The minimum atomic E-state index is -0.606. The van der Waals surface area contributed by atoms with Crippen LogP contribution >= 0.6 is 11.6 Å². The summed E-state index contributed by atoms with van der Waals surface area (Å²) >= 11 is 6.82.